The number of benzene rings is 2. The van der Waals surface area contributed by atoms with Gasteiger partial charge in [-0.3, -0.25) is 9.69 Å². The van der Waals surface area contributed by atoms with E-state index in [1.165, 1.54) is 17.2 Å². The molecule has 1 atom stereocenters. The molecule has 170 valence electrons. The number of carbonyl (C=O) groups is 1. The molecule has 0 saturated heterocycles. The minimum Gasteiger partial charge on any atom is -0.291 e. The number of anilines is 1. The van der Waals surface area contributed by atoms with Gasteiger partial charge in [0.15, 0.2) is 17.4 Å². The summed E-state index contributed by atoms with van der Waals surface area (Å²) in [7, 11) is 0. The van der Waals surface area contributed by atoms with Crippen molar-refractivity contribution in [3.05, 3.63) is 78.8 Å². The summed E-state index contributed by atoms with van der Waals surface area (Å²) in [5.74, 6) is -0.407. The highest BCUT2D eigenvalue weighted by atomic mass is 19.4. The number of hydrogen-bond donors (Lipinski definition) is 0. The summed E-state index contributed by atoms with van der Waals surface area (Å²) in [5, 5.41) is 10.5. The molecule has 1 aliphatic heterocycles. The van der Waals surface area contributed by atoms with Crippen LogP contribution in [0, 0.1) is 0 Å². The molecule has 0 N–H and O–H groups in total. The van der Waals surface area contributed by atoms with Crippen LogP contribution in [0.1, 0.15) is 23.0 Å². The van der Waals surface area contributed by atoms with Gasteiger partial charge >= 0.3 is 6.18 Å². The van der Waals surface area contributed by atoms with Crippen LogP contribution in [0.3, 0.4) is 0 Å². The van der Waals surface area contributed by atoms with Gasteiger partial charge in [-0.2, -0.15) is 23.4 Å². The first-order chi connectivity index (χ1) is 16.4. The first-order valence-electron chi connectivity index (χ1n) is 10.7. The Morgan fingerprint density at radius 1 is 0.971 bits per heavy atom. The molecule has 0 spiro atoms. The number of halogens is 3. The molecule has 0 saturated carbocycles. The summed E-state index contributed by atoms with van der Waals surface area (Å²) in [6.07, 6.45) is -1.82. The average molecular weight is 462 g/mol. The van der Waals surface area contributed by atoms with Gasteiger partial charge in [0.05, 0.1) is 11.9 Å². The lowest BCUT2D eigenvalue weighted by Crippen LogP contribution is -2.43. The van der Waals surface area contributed by atoms with E-state index in [1.807, 2.05) is 48.5 Å². The molecule has 5 aromatic rings. The maximum absolute atomic E-state index is 13.4. The van der Waals surface area contributed by atoms with E-state index in [1.54, 1.807) is 16.8 Å². The lowest BCUT2D eigenvalue weighted by atomic mass is 10.1. The van der Waals surface area contributed by atoms with Gasteiger partial charge in [0, 0.05) is 30.4 Å². The fraction of sp³-hybridized carbons (Fsp3) is 0.167. The molecule has 1 amide bonds. The SMILES string of the molecule is O=C(c1cc2nccc(-c3ccc4ccccc4c3)n2n1)N1CC[C@H](C(F)(F)F)n2nccc21. The molecule has 0 unspecified atom stereocenters. The smallest absolute Gasteiger partial charge is 0.291 e. The number of carbonyl (C=O) groups excluding carboxylic acids is 1. The zero-order chi connectivity index (χ0) is 23.4. The Morgan fingerprint density at radius 3 is 2.62 bits per heavy atom. The molecular weight excluding hydrogens is 445 g/mol. The van der Waals surface area contributed by atoms with Crippen molar-refractivity contribution in [3.8, 4) is 11.3 Å². The van der Waals surface area contributed by atoms with Crippen LogP contribution in [-0.4, -0.2) is 43.0 Å². The van der Waals surface area contributed by atoms with Crippen LogP contribution >= 0.6 is 0 Å². The van der Waals surface area contributed by atoms with Crippen LogP contribution in [0.4, 0.5) is 19.0 Å². The van der Waals surface area contributed by atoms with E-state index in [0.717, 1.165) is 26.7 Å². The first-order valence-corrected chi connectivity index (χ1v) is 10.7. The lowest BCUT2D eigenvalue weighted by molar-refractivity contribution is -0.172. The molecule has 1 aliphatic rings. The quantitative estimate of drug-likeness (QED) is 0.374. The molecule has 3 aromatic heterocycles. The number of nitrogens with zero attached hydrogens (tertiary/aromatic N) is 6. The van der Waals surface area contributed by atoms with Crippen LogP contribution in [0.15, 0.2) is 73.1 Å². The molecule has 10 heteroatoms. The van der Waals surface area contributed by atoms with Crippen molar-refractivity contribution in [2.24, 2.45) is 0 Å². The Balaban J connectivity index is 1.39. The molecular formula is C24H17F3N6O. The number of amides is 1. The van der Waals surface area contributed by atoms with E-state index in [2.05, 4.69) is 15.2 Å². The van der Waals surface area contributed by atoms with E-state index in [9.17, 15) is 18.0 Å². The van der Waals surface area contributed by atoms with Gasteiger partial charge in [0.1, 0.15) is 5.82 Å². The van der Waals surface area contributed by atoms with Crippen molar-refractivity contribution in [2.75, 3.05) is 11.4 Å². The largest absolute Gasteiger partial charge is 0.410 e. The van der Waals surface area contributed by atoms with Crippen molar-refractivity contribution in [3.63, 3.8) is 0 Å². The van der Waals surface area contributed by atoms with Crippen LogP contribution < -0.4 is 4.90 Å². The van der Waals surface area contributed by atoms with E-state index in [-0.39, 0.29) is 24.5 Å². The highest BCUT2D eigenvalue weighted by molar-refractivity contribution is 6.05. The number of alkyl halides is 3. The summed E-state index contributed by atoms with van der Waals surface area (Å²) in [4.78, 5) is 18.9. The van der Waals surface area contributed by atoms with Gasteiger partial charge in [-0.05, 0) is 29.3 Å². The minimum absolute atomic E-state index is 0.0897. The molecule has 4 heterocycles. The van der Waals surface area contributed by atoms with Crippen molar-refractivity contribution < 1.29 is 18.0 Å². The number of hydrogen-bond acceptors (Lipinski definition) is 4. The predicted molar refractivity (Wildman–Crippen MR) is 120 cm³/mol. The molecule has 0 fully saturated rings. The third-order valence-corrected chi connectivity index (χ3v) is 6.09. The third-order valence-electron chi connectivity index (χ3n) is 6.09. The maximum Gasteiger partial charge on any atom is 0.410 e. The minimum atomic E-state index is -4.45. The van der Waals surface area contributed by atoms with Gasteiger partial charge in [-0.1, -0.05) is 36.4 Å². The van der Waals surface area contributed by atoms with Crippen molar-refractivity contribution in [1.82, 2.24) is 24.4 Å². The first kappa shape index (κ1) is 20.4. The Bertz CT molecular complexity index is 1550. The Labute approximate surface area is 191 Å². The van der Waals surface area contributed by atoms with Gasteiger partial charge in [-0.15, -0.1) is 0 Å². The van der Waals surface area contributed by atoms with Gasteiger partial charge in [-0.25, -0.2) is 14.2 Å². The third kappa shape index (κ3) is 3.21. The van der Waals surface area contributed by atoms with Crippen molar-refractivity contribution >= 4 is 28.1 Å². The van der Waals surface area contributed by atoms with Crippen LogP contribution in [0.25, 0.3) is 27.7 Å². The van der Waals surface area contributed by atoms with Crippen molar-refractivity contribution in [1.29, 1.82) is 0 Å². The number of rotatable bonds is 2. The molecule has 0 aliphatic carbocycles. The second-order valence-electron chi connectivity index (χ2n) is 8.13. The topological polar surface area (TPSA) is 68.3 Å². The van der Waals surface area contributed by atoms with Gasteiger partial charge in [0.2, 0.25) is 0 Å². The maximum atomic E-state index is 13.4. The number of fused-ring (bicyclic) bond motifs is 3. The fourth-order valence-electron chi connectivity index (χ4n) is 4.46. The Morgan fingerprint density at radius 2 is 1.79 bits per heavy atom. The second-order valence-corrected chi connectivity index (χ2v) is 8.13. The van der Waals surface area contributed by atoms with Gasteiger partial charge in [0.25, 0.3) is 5.91 Å². The number of aromatic nitrogens is 5. The van der Waals surface area contributed by atoms with Gasteiger partial charge < -0.3 is 0 Å². The summed E-state index contributed by atoms with van der Waals surface area (Å²) in [6, 6.07) is 17.0. The van der Waals surface area contributed by atoms with E-state index >= 15 is 0 Å². The van der Waals surface area contributed by atoms with Crippen LogP contribution in [0.2, 0.25) is 0 Å². The molecule has 0 radical (unpaired) electrons. The summed E-state index contributed by atoms with van der Waals surface area (Å²) in [6.45, 7) is -0.0897. The van der Waals surface area contributed by atoms with Crippen LogP contribution in [0.5, 0.6) is 0 Å². The monoisotopic (exact) mass is 462 g/mol. The fourth-order valence-corrected chi connectivity index (χ4v) is 4.46. The molecule has 6 rings (SSSR count). The van der Waals surface area contributed by atoms with Crippen LogP contribution in [-0.2, 0) is 0 Å². The molecule has 0 bridgehead atoms. The Kier molecular flexibility index (Phi) is 4.44. The standard InChI is InChI=1S/C24H17F3N6O/c25-24(26,27)20-9-12-31(22-8-11-29-33(20)22)23(34)18-14-21-28-10-7-19(32(21)30-18)17-6-5-15-3-1-2-4-16(15)13-17/h1-8,10-11,13-14,20H,9,12H2/t20-/m1/s1. The second kappa shape index (κ2) is 7.41. The highest BCUT2D eigenvalue weighted by Gasteiger charge is 2.46. The lowest BCUT2D eigenvalue weighted by Gasteiger charge is -2.33. The predicted octanol–water partition coefficient (Wildman–Crippen LogP) is 4.90. The van der Waals surface area contributed by atoms with Crippen molar-refractivity contribution in [2.45, 2.75) is 18.6 Å². The molecule has 2 aromatic carbocycles. The summed E-state index contributed by atoms with van der Waals surface area (Å²) < 4.78 is 42.6. The molecule has 34 heavy (non-hydrogen) atoms. The normalized spacial score (nSPS) is 16.2. The van der Waals surface area contributed by atoms with E-state index in [4.69, 9.17) is 0 Å². The van der Waals surface area contributed by atoms with E-state index < -0.39 is 18.1 Å². The highest BCUT2D eigenvalue weighted by Crippen LogP contribution is 2.39. The average Bonchev–Trinajstić information content (AvgIpc) is 3.49. The summed E-state index contributed by atoms with van der Waals surface area (Å²) >= 11 is 0. The molecule has 7 nitrogen and oxygen atoms in total. The zero-order valence-corrected chi connectivity index (χ0v) is 17.6. The summed E-state index contributed by atoms with van der Waals surface area (Å²) in [5.41, 5.74) is 2.21. The van der Waals surface area contributed by atoms with E-state index in [0.29, 0.717) is 5.65 Å². The zero-order valence-electron chi connectivity index (χ0n) is 17.6. The Hall–Kier alpha value is -4.21.